The first-order chi connectivity index (χ1) is 10.3. The van der Waals surface area contributed by atoms with Crippen LogP contribution in [-0.2, 0) is 38.1 Å². The summed E-state index contributed by atoms with van der Waals surface area (Å²) >= 11 is 0. The second-order valence-electron chi connectivity index (χ2n) is 5.84. The molecular formula is C13H18O8S. The maximum Gasteiger partial charge on any atom is 0.344 e. The maximum atomic E-state index is 11.8. The normalized spacial score (nSPS) is 38.7. The minimum absolute atomic E-state index is 0.258. The lowest BCUT2D eigenvalue weighted by Gasteiger charge is -2.21. The molecule has 0 aromatic heterocycles. The number of rotatable bonds is 5. The summed E-state index contributed by atoms with van der Waals surface area (Å²) < 4.78 is 44.0. The van der Waals surface area contributed by atoms with Crippen LogP contribution in [0.1, 0.15) is 26.7 Å². The number of carbonyl (C=O) groups is 2. The first-order valence-electron chi connectivity index (χ1n) is 7.27. The summed E-state index contributed by atoms with van der Waals surface area (Å²) in [5, 5.41) is -0.666. The van der Waals surface area contributed by atoms with Gasteiger partial charge in [0.15, 0.2) is 12.7 Å². The minimum atomic E-state index is -3.64. The van der Waals surface area contributed by atoms with Crippen LogP contribution in [-0.4, -0.2) is 56.6 Å². The summed E-state index contributed by atoms with van der Waals surface area (Å²) in [6, 6.07) is 0. The van der Waals surface area contributed by atoms with Crippen molar-refractivity contribution >= 4 is 22.1 Å². The quantitative estimate of drug-likeness (QED) is 0.501. The van der Waals surface area contributed by atoms with Gasteiger partial charge in [0.2, 0.25) is 0 Å². The van der Waals surface area contributed by atoms with E-state index in [2.05, 4.69) is 0 Å². The van der Waals surface area contributed by atoms with E-state index >= 15 is 0 Å². The fourth-order valence-electron chi connectivity index (χ4n) is 2.99. The first kappa shape index (κ1) is 15.7. The third-order valence-corrected chi connectivity index (χ3v) is 6.10. The van der Waals surface area contributed by atoms with Crippen LogP contribution in [0, 0.1) is 5.92 Å². The predicted octanol–water partition coefficient (Wildman–Crippen LogP) is -0.244. The summed E-state index contributed by atoms with van der Waals surface area (Å²) in [5.41, 5.74) is 0. The topological polar surface area (TPSA) is 105 Å². The molecule has 0 radical (unpaired) electrons. The summed E-state index contributed by atoms with van der Waals surface area (Å²) in [6.45, 7) is 3.04. The molecule has 6 atom stereocenters. The summed E-state index contributed by atoms with van der Waals surface area (Å²) in [4.78, 5) is 23.3. The van der Waals surface area contributed by atoms with Crippen LogP contribution in [0.3, 0.4) is 0 Å². The number of ether oxygens (including phenoxy) is 3. The molecule has 22 heavy (non-hydrogen) atoms. The van der Waals surface area contributed by atoms with Gasteiger partial charge in [-0.1, -0.05) is 13.8 Å². The van der Waals surface area contributed by atoms with Crippen molar-refractivity contribution in [1.29, 1.82) is 0 Å². The van der Waals surface area contributed by atoms with Crippen LogP contribution < -0.4 is 0 Å². The van der Waals surface area contributed by atoms with Gasteiger partial charge in [-0.25, -0.2) is 4.79 Å². The SMILES string of the molecule is CCC(C)C(=O)OCC(=O)OC1C2CC3C(O2)C1OS3(=O)=O. The zero-order valence-electron chi connectivity index (χ0n) is 12.3. The average molecular weight is 334 g/mol. The van der Waals surface area contributed by atoms with E-state index in [1.54, 1.807) is 6.92 Å². The molecule has 3 saturated heterocycles. The Labute approximate surface area is 128 Å². The molecule has 3 fully saturated rings. The molecule has 0 amide bonds. The van der Waals surface area contributed by atoms with Crippen LogP contribution in [0.4, 0.5) is 0 Å². The van der Waals surface area contributed by atoms with E-state index in [4.69, 9.17) is 18.4 Å². The standard InChI is InChI=1S/C13H18O8S/c1-3-6(2)13(15)18-5-9(14)20-10-7-4-8-11(19-7)12(10)21-22(8,16)17/h6-8,10-12H,3-5H2,1-2H3. The molecule has 0 N–H and O–H groups in total. The van der Waals surface area contributed by atoms with Crippen molar-refractivity contribution in [3.8, 4) is 0 Å². The van der Waals surface area contributed by atoms with Gasteiger partial charge < -0.3 is 14.2 Å². The number of carbonyl (C=O) groups excluding carboxylic acids is 2. The summed E-state index contributed by atoms with van der Waals surface area (Å²) in [5.74, 6) is -1.49. The van der Waals surface area contributed by atoms with Gasteiger partial charge in [-0.3, -0.25) is 8.98 Å². The lowest BCUT2D eigenvalue weighted by Crippen LogP contribution is -2.42. The Hall–Kier alpha value is -1.19. The zero-order valence-corrected chi connectivity index (χ0v) is 13.1. The average Bonchev–Trinajstić information content (AvgIpc) is 3.08. The first-order valence-corrected chi connectivity index (χ1v) is 8.74. The highest BCUT2D eigenvalue weighted by atomic mass is 32.2. The third kappa shape index (κ3) is 2.50. The molecule has 0 saturated carbocycles. The third-order valence-electron chi connectivity index (χ3n) is 4.41. The second-order valence-corrected chi connectivity index (χ2v) is 7.62. The van der Waals surface area contributed by atoms with Crippen LogP contribution in [0.5, 0.6) is 0 Å². The van der Waals surface area contributed by atoms with Crippen molar-refractivity contribution in [2.75, 3.05) is 6.61 Å². The van der Waals surface area contributed by atoms with E-state index in [9.17, 15) is 18.0 Å². The monoisotopic (exact) mass is 334 g/mol. The van der Waals surface area contributed by atoms with Crippen molar-refractivity contribution in [3.05, 3.63) is 0 Å². The van der Waals surface area contributed by atoms with E-state index in [1.165, 1.54) is 0 Å². The minimum Gasteiger partial charge on any atom is -0.454 e. The Kier molecular flexibility index (Phi) is 3.90. The zero-order chi connectivity index (χ0) is 16.1. The van der Waals surface area contributed by atoms with Crippen LogP contribution >= 0.6 is 0 Å². The summed E-state index contributed by atoms with van der Waals surface area (Å²) in [6.07, 6.45) is -1.74. The molecule has 0 aliphatic carbocycles. The number of hydrogen-bond donors (Lipinski definition) is 0. The molecule has 0 aromatic carbocycles. The summed E-state index contributed by atoms with van der Waals surface area (Å²) in [7, 11) is -3.64. The van der Waals surface area contributed by atoms with Crippen LogP contribution in [0.15, 0.2) is 0 Å². The van der Waals surface area contributed by atoms with Crippen molar-refractivity contribution in [1.82, 2.24) is 0 Å². The van der Waals surface area contributed by atoms with Crippen LogP contribution in [0.25, 0.3) is 0 Å². The molecule has 9 heteroatoms. The molecule has 6 unspecified atom stereocenters. The predicted molar refractivity (Wildman–Crippen MR) is 71.2 cm³/mol. The Balaban J connectivity index is 1.55. The van der Waals surface area contributed by atoms with Gasteiger partial charge >= 0.3 is 11.9 Å². The second kappa shape index (κ2) is 5.47. The highest BCUT2D eigenvalue weighted by Crippen LogP contribution is 2.47. The van der Waals surface area contributed by atoms with Gasteiger partial charge in [0.25, 0.3) is 10.1 Å². The molecule has 0 spiro atoms. The van der Waals surface area contributed by atoms with Gasteiger partial charge in [-0.05, 0) is 12.8 Å². The molecule has 3 heterocycles. The van der Waals surface area contributed by atoms with E-state index in [1.807, 2.05) is 6.92 Å². The van der Waals surface area contributed by atoms with Gasteiger partial charge in [0.05, 0.1) is 12.0 Å². The van der Waals surface area contributed by atoms with Gasteiger partial charge in [-0.15, -0.1) is 0 Å². The van der Waals surface area contributed by atoms with Crippen molar-refractivity contribution in [3.63, 3.8) is 0 Å². The van der Waals surface area contributed by atoms with Crippen molar-refractivity contribution < 1.29 is 36.4 Å². The highest BCUT2D eigenvalue weighted by molar-refractivity contribution is 7.87. The van der Waals surface area contributed by atoms with Gasteiger partial charge in [-0.2, -0.15) is 8.42 Å². The lowest BCUT2D eigenvalue weighted by molar-refractivity contribution is -0.167. The molecule has 3 aliphatic heterocycles. The van der Waals surface area contributed by atoms with E-state index < -0.39 is 58.3 Å². The molecule has 2 bridgehead atoms. The molecular weight excluding hydrogens is 316 g/mol. The van der Waals surface area contributed by atoms with E-state index in [-0.39, 0.29) is 12.3 Å². The smallest absolute Gasteiger partial charge is 0.344 e. The Morgan fingerprint density at radius 1 is 1.32 bits per heavy atom. The van der Waals surface area contributed by atoms with E-state index in [0.29, 0.717) is 6.42 Å². The Morgan fingerprint density at radius 2 is 2.05 bits per heavy atom. The van der Waals surface area contributed by atoms with Gasteiger partial charge in [0.1, 0.15) is 17.5 Å². The number of esters is 2. The maximum absolute atomic E-state index is 11.8. The highest BCUT2D eigenvalue weighted by Gasteiger charge is 2.67. The molecule has 0 aromatic rings. The Morgan fingerprint density at radius 3 is 2.73 bits per heavy atom. The fourth-order valence-corrected chi connectivity index (χ4v) is 4.64. The van der Waals surface area contributed by atoms with Gasteiger partial charge in [0, 0.05) is 0 Å². The molecule has 8 nitrogen and oxygen atoms in total. The van der Waals surface area contributed by atoms with Crippen molar-refractivity contribution in [2.24, 2.45) is 5.92 Å². The van der Waals surface area contributed by atoms with E-state index in [0.717, 1.165) is 0 Å². The largest absolute Gasteiger partial charge is 0.454 e. The van der Waals surface area contributed by atoms with Crippen LogP contribution in [0.2, 0.25) is 0 Å². The molecule has 124 valence electrons. The van der Waals surface area contributed by atoms with Crippen molar-refractivity contribution in [2.45, 2.75) is 56.4 Å². The molecule has 3 aliphatic rings. The molecule has 3 rings (SSSR count). The Bertz CT molecular complexity index is 585. The number of hydrogen-bond acceptors (Lipinski definition) is 8. The number of fused-ring (bicyclic) bond motifs is 1. The lowest BCUT2D eigenvalue weighted by atomic mass is 9.94. The fraction of sp³-hybridized carbons (Fsp3) is 0.846.